The zero-order valence-electron chi connectivity index (χ0n) is 12.5. The fourth-order valence-electron chi connectivity index (χ4n) is 1.99. The molecule has 1 unspecified atom stereocenters. The summed E-state index contributed by atoms with van der Waals surface area (Å²) in [7, 11) is 1.28. The van der Waals surface area contributed by atoms with Gasteiger partial charge in [-0.15, -0.1) is 11.6 Å². The summed E-state index contributed by atoms with van der Waals surface area (Å²) in [5, 5.41) is 1.96. The largest absolute Gasteiger partial charge is 0.323 e. The van der Waals surface area contributed by atoms with Crippen molar-refractivity contribution >= 4 is 52.3 Å². The molecular weight excluding hydrogens is 375 g/mol. The minimum atomic E-state index is -0.948. The lowest BCUT2D eigenvalue weighted by Crippen LogP contribution is -2.25. The van der Waals surface area contributed by atoms with E-state index in [9.17, 15) is 9.59 Å². The van der Waals surface area contributed by atoms with Crippen molar-refractivity contribution in [3.8, 4) is 0 Å². The summed E-state index contributed by atoms with van der Waals surface area (Å²) in [4.78, 5) is 29.0. The molecule has 2 aromatic rings. The molecule has 0 aromatic heterocycles. The number of alkyl halides is 1. The Labute approximate surface area is 153 Å². The van der Waals surface area contributed by atoms with Gasteiger partial charge in [0.1, 0.15) is 5.38 Å². The lowest BCUT2D eigenvalue weighted by Gasteiger charge is -2.15. The van der Waals surface area contributed by atoms with E-state index in [1.54, 1.807) is 24.3 Å². The fourth-order valence-corrected chi connectivity index (χ4v) is 2.73. The average Bonchev–Trinajstić information content (AvgIpc) is 2.57. The Balaban J connectivity index is 2.31. The maximum absolute atomic E-state index is 12.4. The number of hydrogen-bond acceptors (Lipinski definition) is 3. The van der Waals surface area contributed by atoms with Gasteiger partial charge in [-0.25, -0.2) is 5.48 Å². The quantitative estimate of drug-likeness (QED) is 0.597. The van der Waals surface area contributed by atoms with E-state index in [0.29, 0.717) is 5.56 Å². The van der Waals surface area contributed by atoms with Crippen LogP contribution in [0.15, 0.2) is 42.5 Å². The number of hydrogen-bond donors (Lipinski definition) is 2. The van der Waals surface area contributed by atoms with E-state index in [0.717, 1.165) is 0 Å². The topological polar surface area (TPSA) is 67.4 Å². The van der Waals surface area contributed by atoms with Crippen LogP contribution in [0.1, 0.15) is 21.3 Å². The van der Waals surface area contributed by atoms with Crippen LogP contribution in [0, 0.1) is 0 Å². The van der Waals surface area contributed by atoms with Gasteiger partial charge in [0.05, 0.1) is 23.4 Å². The van der Waals surface area contributed by atoms with Crippen molar-refractivity contribution in [3.63, 3.8) is 0 Å². The van der Waals surface area contributed by atoms with Crippen LogP contribution in [-0.4, -0.2) is 18.9 Å². The highest BCUT2D eigenvalue weighted by molar-refractivity contribution is 6.39. The van der Waals surface area contributed by atoms with E-state index in [4.69, 9.17) is 34.8 Å². The maximum atomic E-state index is 12.4. The van der Waals surface area contributed by atoms with Crippen molar-refractivity contribution in [1.82, 2.24) is 5.48 Å². The van der Waals surface area contributed by atoms with Gasteiger partial charge in [0.2, 0.25) is 5.91 Å². The van der Waals surface area contributed by atoms with Crippen LogP contribution in [0.3, 0.4) is 0 Å². The van der Waals surface area contributed by atoms with Gasteiger partial charge in [-0.2, -0.15) is 0 Å². The normalized spacial score (nSPS) is 11.7. The van der Waals surface area contributed by atoms with Crippen molar-refractivity contribution in [1.29, 1.82) is 0 Å². The minimum Gasteiger partial charge on any atom is -0.323 e. The lowest BCUT2D eigenvalue weighted by atomic mass is 10.1. The van der Waals surface area contributed by atoms with E-state index >= 15 is 0 Å². The first-order chi connectivity index (χ1) is 11.4. The van der Waals surface area contributed by atoms with Gasteiger partial charge in [-0.1, -0.05) is 53.5 Å². The molecular formula is C16H13Cl3N2O3. The number of benzene rings is 2. The minimum absolute atomic E-state index is 0.0552. The molecule has 0 spiro atoms. The van der Waals surface area contributed by atoms with Crippen molar-refractivity contribution < 1.29 is 14.4 Å². The highest BCUT2D eigenvalue weighted by atomic mass is 35.5. The number of hydroxylamine groups is 1. The number of carbonyl (C=O) groups is 2. The van der Waals surface area contributed by atoms with Crippen molar-refractivity contribution in [2.45, 2.75) is 5.38 Å². The molecule has 5 nitrogen and oxygen atoms in total. The number of halogens is 3. The molecule has 1 atom stereocenters. The molecule has 24 heavy (non-hydrogen) atoms. The molecule has 8 heteroatoms. The third-order valence-electron chi connectivity index (χ3n) is 3.07. The summed E-state index contributed by atoms with van der Waals surface area (Å²) < 4.78 is 0. The molecule has 2 rings (SSSR count). The van der Waals surface area contributed by atoms with Crippen LogP contribution < -0.4 is 10.8 Å². The van der Waals surface area contributed by atoms with E-state index in [1.165, 1.54) is 19.2 Å². The predicted molar refractivity (Wildman–Crippen MR) is 94.6 cm³/mol. The summed E-state index contributed by atoms with van der Waals surface area (Å²) in [6.45, 7) is 0. The second-order valence-corrected chi connectivity index (χ2v) is 5.99. The van der Waals surface area contributed by atoms with Crippen LogP contribution in [0.25, 0.3) is 0 Å². The average molecular weight is 388 g/mol. The van der Waals surface area contributed by atoms with E-state index in [2.05, 4.69) is 15.6 Å². The molecule has 2 N–H and O–H groups in total. The van der Waals surface area contributed by atoms with Crippen LogP contribution in [0.4, 0.5) is 5.69 Å². The molecule has 2 amide bonds. The SMILES string of the molecule is CONC(=O)c1cc(Cl)cc(Cl)c1NC(=O)C(Cl)c1ccccc1. The van der Waals surface area contributed by atoms with Gasteiger partial charge in [-0.05, 0) is 17.7 Å². The summed E-state index contributed by atoms with van der Waals surface area (Å²) in [6, 6.07) is 11.6. The maximum Gasteiger partial charge on any atom is 0.277 e. The van der Waals surface area contributed by atoms with Gasteiger partial charge >= 0.3 is 0 Å². The number of anilines is 1. The zero-order chi connectivity index (χ0) is 17.7. The summed E-state index contributed by atoms with van der Waals surface area (Å²) >= 11 is 18.2. The number of rotatable bonds is 5. The van der Waals surface area contributed by atoms with Gasteiger partial charge < -0.3 is 5.32 Å². The predicted octanol–water partition coefficient (Wildman–Crippen LogP) is 4.20. The van der Waals surface area contributed by atoms with E-state index in [-0.39, 0.29) is 21.3 Å². The van der Waals surface area contributed by atoms with Crippen LogP contribution >= 0.6 is 34.8 Å². The van der Waals surface area contributed by atoms with Crippen molar-refractivity contribution in [2.75, 3.05) is 12.4 Å². The second kappa shape index (κ2) is 8.35. The number of carbonyl (C=O) groups excluding carboxylic acids is 2. The number of nitrogens with one attached hydrogen (secondary N) is 2. The first-order valence-corrected chi connectivity index (χ1v) is 7.95. The molecule has 0 aliphatic rings. The van der Waals surface area contributed by atoms with Crippen LogP contribution in [0.5, 0.6) is 0 Å². The molecule has 0 aliphatic carbocycles. The Morgan fingerprint density at radius 2 is 1.79 bits per heavy atom. The molecule has 0 heterocycles. The summed E-state index contributed by atoms with van der Waals surface area (Å²) in [5.74, 6) is -1.14. The summed E-state index contributed by atoms with van der Waals surface area (Å²) in [6.07, 6.45) is 0. The molecule has 2 aromatic carbocycles. The molecule has 126 valence electrons. The smallest absolute Gasteiger partial charge is 0.277 e. The molecule has 0 fully saturated rings. The third-order valence-corrected chi connectivity index (χ3v) is 4.03. The zero-order valence-corrected chi connectivity index (χ0v) is 14.7. The fraction of sp³-hybridized carbons (Fsp3) is 0.125. The Hall–Kier alpha value is -1.79. The standard InChI is InChI=1S/C16H13Cl3N2O3/c1-24-21-15(22)11-7-10(17)8-12(18)14(11)20-16(23)13(19)9-5-3-2-4-6-9/h2-8,13H,1H3,(H,20,23)(H,21,22). The van der Waals surface area contributed by atoms with Crippen molar-refractivity contribution in [3.05, 3.63) is 63.6 Å². The Kier molecular flexibility index (Phi) is 6.45. The summed E-state index contributed by atoms with van der Waals surface area (Å²) in [5.41, 5.74) is 2.92. The first-order valence-electron chi connectivity index (χ1n) is 6.76. The van der Waals surface area contributed by atoms with E-state index < -0.39 is 17.2 Å². The molecule has 0 saturated carbocycles. The second-order valence-electron chi connectivity index (χ2n) is 4.71. The molecule has 0 bridgehead atoms. The van der Waals surface area contributed by atoms with Gasteiger partial charge in [-0.3, -0.25) is 14.4 Å². The number of amides is 2. The first kappa shape index (κ1) is 18.5. The van der Waals surface area contributed by atoms with Gasteiger partial charge in [0.25, 0.3) is 5.91 Å². The van der Waals surface area contributed by atoms with Crippen LogP contribution in [-0.2, 0) is 9.63 Å². The Morgan fingerprint density at radius 3 is 2.42 bits per heavy atom. The molecule has 0 aliphatic heterocycles. The third kappa shape index (κ3) is 4.39. The van der Waals surface area contributed by atoms with Crippen LogP contribution in [0.2, 0.25) is 10.0 Å². The van der Waals surface area contributed by atoms with Gasteiger partial charge in [0, 0.05) is 5.02 Å². The van der Waals surface area contributed by atoms with Crippen molar-refractivity contribution in [2.24, 2.45) is 0 Å². The highest BCUT2D eigenvalue weighted by Gasteiger charge is 2.22. The molecule has 0 saturated heterocycles. The van der Waals surface area contributed by atoms with E-state index in [1.807, 2.05) is 6.07 Å². The Bertz CT molecular complexity index is 754. The lowest BCUT2D eigenvalue weighted by molar-refractivity contribution is -0.116. The highest BCUT2D eigenvalue weighted by Crippen LogP contribution is 2.32. The van der Waals surface area contributed by atoms with Gasteiger partial charge in [0.15, 0.2) is 0 Å². The molecule has 0 radical (unpaired) electrons. The monoisotopic (exact) mass is 386 g/mol. The Morgan fingerprint density at radius 1 is 1.12 bits per heavy atom.